The molecule has 21 heavy (non-hydrogen) atoms. The van der Waals surface area contributed by atoms with E-state index in [2.05, 4.69) is 10.2 Å². The van der Waals surface area contributed by atoms with Crippen LogP contribution < -0.4 is 0 Å². The van der Waals surface area contributed by atoms with E-state index in [1.54, 1.807) is 11.0 Å². The van der Waals surface area contributed by atoms with Gasteiger partial charge < -0.3 is 4.90 Å². The van der Waals surface area contributed by atoms with Crippen molar-refractivity contribution in [3.63, 3.8) is 0 Å². The summed E-state index contributed by atoms with van der Waals surface area (Å²) in [5.74, 6) is -0.222. The maximum atomic E-state index is 12.4. The lowest BCUT2D eigenvalue weighted by Crippen LogP contribution is -2.38. The van der Waals surface area contributed by atoms with Crippen LogP contribution in [0.1, 0.15) is 29.5 Å². The van der Waals surface area contributed by atoms with Crippen molar-refractivity contribution in [2.24, 2.45) is 0 Å². The fraction of sp³-hybridized carbons (Fsp3) is 0.692. The molecular weight excluding hydrogens is 285 g/mol. The average Bonchev–Trinajstić information content (AvgIpc) is 2.77. The second-order valence-electron chi connectivity index (χ2n) is 5.17. The molecule has 1 saturated heterocycles. The number of aromatic nitrogens is 2. The summed E-state index contributed by atoms with van der Waals surface area (Å²) in [5, 5.41) is 6.74. The fourth-order valence-electron chi connectivity index (χ4n) is 2.40. The zero-order valence-electron chi connectivity index (χ0n) is 11.9. The Kier molecular flexibility index (Phi) is 4.87. The van der Waals surface area contributed by atoms with Crippen molar-refractivity contribution >= 4 is 5.91 Å². The maximum absolute atomic E-state index is 12.4. The van der Waals surface area contributed by atoms with Gasteiger partial charge in [-0.1, -0.05) is 6.92 Å². The Morgan fingerprint density at radius 3 is 2.71 bits per heavy atom. The Hall–Kier alpha value is -1.57. The van der Waals surface area contributed by atoms with Crippen LogP contribution in [0.2, 0.25) is 0 Å². The third kappa shape index (κ3) is 4.45. The van der Waals surface area contributed by atoms with Crippen molar-refractivity contribution in [2.75, 3.05) is 32.7 Å². The summed E-state index contributed by atoms with van der Waals surface area (Å²) in [6.07, 6.45) is -2.91. The molecule has 1 N–H and O–H groups in total. The molecule has 0 bridgehead atoms. The third-order valence-electron chi connectivity index (χ3n) is 3.51. The highest BCUT2D eigenvalue weighted by atomic mass is 19.4. The number of amides is 1. The van der Waals surface area contributed by atoms with Crippen LogP contribution in [0, 0.1) is 0 Å². The first-order valence-corrected chi connectivity index (χ1v) is 7.01. The van der Waals surface area contributed by atoms with Gasteiger partial charge in [0.2, 0.25) is 0 Å². The van der Waals surface area contributed by atoms with E-state index < -0.39 is 12.7 Å². The van der Waals surface area contributed by atoms with Crippen LogP contribution >= 0.6 is 0 Å². The Morgan fingerprint density at radius 1 is 1.33 bits per heavy atom. The zero-order chi connectivity index (χ0) is 15.5. The van der Waals surface area contributed by atoms with Crippen molar-refractivity contribution in [1.82, 2.24) is 20.0 Å². The SMILES string of the molecule is CCc1cc(C(=O)N2CCCN(CC(F)(F)F)CC2)n[nH]1. The van der Waals surface area contributed by atoms with Gasteiger partial charge in [0, 0.05) is 31.9 Å². The number of nitrogens with zero attached hydrogens (tertiary/aromatic N) is 3. The van der Waals surface area contributed by atoms with Crippen molar-refractivity contribution in [2.45, 2.75) is 25.9 Å². The summed E-state index contributed by atoms with van der Waals surface area (Å²) in [7, 11) is 0. The van der Waals surface area contributed by atoms with Crippen molar-refractivity contribution < 1.29 is 18.0 Å². The molecule has 1 aliphatic heterocycles. The summed E-state index contributed by atoms with van der Waals surface area (Å²) in [6.45, 7) is 2.37. The summed E-state index contributed by atoms with van der Waals surface area (Å²) in [5.41, 5.74) is 1.20. The molecule has 0 unspecified atom stereocenters. The lowest BCUT2D eigenvalue weighted by molar-refractivity contribution is -0.145. The first-order valence-electron chi connectivity index (χ1n) is 7.01. The van der Waals surface area contributed by atoms with Gasteiger partial charge in [0.1, 0.15) is 5.69 Å². The minimum absolute atomic E-state index is 0.222. The predicted octanol–water partition coefficient (Wildman–Crippen LogP) is 1.68. The third-order valence-corrected chi connectivity index (χ3v) is 3.51. The fourth-order valence-corrected chi connectivity index (χ4v) is 2.40. The molecule has 2 rings (SSSR count). The number of halogens is 3. The summed E-state index contributed by atoms with van der Waals surface area (Å²) < 4.78 is 37.2. The molecule has 2 heterocycles. The molecule has 1 amide bonds. The van der Waals surface area contributed by atoms with Crippen LogP contribution in [0.4, 0.5) is 13.2 Å². The first-order chi connectivity index (χ1) is 9.89. The molecule has 0 aromatic carbocycles. The number of H-pyrrole nitrogens is 1. The van der Waals surface area contributed by atoms with E-state index in [4.69, 9.17) is 0 Å². The van der Waals surface area contributed by atoms with Gasteiger partial charge in [-0.2, -0.15) is 18.3 Å². The molecule has 1 fully saturated rings. The highest BCUT2D eigenvalue weighted by Crippen LogP contribution is 2.18. The minimum Gasteiger partial charge on any atom is -0.336 e. The average molecular weight is 304 g/mol. The lowest BCUT2D eigenvalue weighted by atomic mass is 10.2. The van der Waals surface area contributed by atoms with Gasteiger partial charge in [-0.15, -0.1) is 0 Å². The quantitative estimate of drug-likeness (QED) is 0.924. The second kappa shape index (κ2) is 6.46. The maximum Gasteiger partial charge on any atom is 0.401 e. The van der Waals surface area contributed by atoms with Crippen LogP contribution in [-0.4, -0.2) is 64.8 Å². The number of hydrogen-bond acceptors (Lipinski definition) is 3. The molecule has 1 aromatic rings. The molecule has 0 saturated carbocycles. The van der Waals surface area contributed by atoms with Gasteiger partial charge in [-0.25, -0.2) is 0 Å². The van der Waals surface area contributed by atoms with Gasteiger partial charge in [0.15, 0.2) is 0 Å². The largest absolute Gasteiger partial charge is 0.401 e. The smallest absolute Gasteiger partial charge is 0.336 e. The highest BCUT2D eigenvalue weighted by Gasteiger charge is 2.32. The van der Waals surface area contributed by atoms with E-state index in [0.29, 0.717) is 31.7 Å². The van der Waals surface area contributed by atoms with Gasteiger partial charge in [0.05, 0.1) is 6.54 Å². The number of alkyl halides is 3. The van der Waals surface area contributed by atoms with Crippen molar-refractivity contribution in [3.8, 4) is 0 Å². The number of nitrogens with one attached hydrogen (secondary N) is 1. The molecule has 5 nitrogen and oxygen atoms in total. The van der Waals surface area contributed by atoms with Crippen molar-refractivity contribution in [1.29, 1.82) is 0 Å². The Balaban J connectivity index is 1.94. The molecule has 0 atom stereocenters. The van der Waals surface area contributed by atoms with E-state index in [1.165, 1.54) is 4.90 Å². The van der Waals surface area contributed by atoms with Crippen LogP contribution in [0.15, 0.2) is 6.07 Å². The summed E-state index contributed by atoms with van der Waals surface area (Å²) in [4.78, 5) is 15.2. The summed E-state index contributed by atoms with van der Waals surface area (Å²) in [6, 6.07) is 1.70. The number of aryl methyl sites for hydroxylation is 1. The van der Waals surface area contributed by atoms with E-state index in [9.17, 15) is 18.0 Å². The summed E-state index contributed by atoms with van der Waals surface area (Å²) >= 11 is 0. The van der Waals surface area contributed by atoms with Crippen molar-refractivity contribution in [3.05, 3.63) is 17.5 Å². The Bertz CT molecular complexity index is 486. The zero-order valence-corrected chi connectivity index (χ0v) is 11.9. The monoisotopic (exact) mass is 304 g/mol. The lowest BCUT2D eigenvalue weighted by Gasteiger charge is -2.22. The number of carbonyl (C=O) groups excluding carboxylic acids is 1. The van der Waals surface area contributed by atoms with Crippen LogP contribution in [0.25, 0.3) is 0 Å². The van der Waals surface area contributed by atoms with E-state index in [1.807, 2.05) is 6.92 Å². The topological polar surface area (TPSA) is 52.2 Å². The van der Waals surface area contributed by atoms with Gasteiger partial charge in [-0.3, -0.25) is 14.8 Å². The van der Waals surface area contributed by atoms with Crippen LogP contribution in [0.5, 0.6) is 0 Å². The Morgan fingerprint density at radius 2 is 2.10 bits per heavy atom. The molecule has 8 heteroatoms. The molecule has 1 aliphatic rings. The normalized spacial score (nSPS) is 17.8. The Labute approximate surface area is 121 Å². The van der Waals surface area contributed by atoms with E-state index in [0.717, 1.165) is 12.1 Å². The molecular formula is C13H19F3N4O. The molecule has 118 valence electrons. The highest BCUT2D eigenvalue weighted by molar-refractivity contribution is 5.92. The van der Waals surface area contributed by atoms with Gasteiger partial charge in [0.25, 0.3) is 5.91 Å². The van der Waals surface area contributed by atoms with Gasteiger partial charge in [-0.05, 0) is 18.9 Å². The number of carbonyl (C=O) groups is 1. The number of rotatable bonds is 3. The van der Waals surface area contributed by atoms with E-state index >= 15 is 0 Å². The molecule has 0 aliphatic carbocycles. The predicted molar refractivity (Wildman–Crippen MR) is 71.0 cm³/mol. The minimum atomic E-state index is -4.20. The van der Waals surface area contributed by atoms with Crippen LogP contribution in [-0.2, 0) is 6.42 Å². The number of aromatic amines is 1. The second-order valence-corrected chi connectivity index (χ2v) is 5.17. The standard InChI is InChI=1S/C13H19F3N4O/c1-2-10-8-11(18-17-10)12(21)20-5-3-4-19(6-7-20)9-13(14,15)16/h8H,2-7,9H2,1H3,(H,17,18). The molecule has 1 aromatic heterocycles. The van der Waals surface area contributed by atoms with Crippen LogP contribution in [0.3, 0.4) is 0 Å². The van der Waals surface area contributed by atoms with E-state index in [-0.39, 0.29) is 12.5 Å². The molecule has 0 spiro atoms. The first kappa shape index (κ1) is 15.8. The number of hydrogen-bond donors (Lipinski definition) is 1. The van der Waals surface area contributed by atoms with Gasteiger partial charge >= 0.3 is 6.18 Å². The molecule has 0 radical (unpaired) electrons.